The summed E-state index contributed by atoms with van der Waals surface area (Å²) in [7, 11) is 1.80. The van der Waals surface area contributed by atoms with Gasteiger partial charge in [0.05, 0.1) is 13.2 Å². The van der Waals surface area contributed by atoms with Crippen molar-refractivity contribution in [3.05, 3.63) is 28.8 Å². The number of hydrogen-bond acceptors (Lipinski definition) is 3. The van der Waals surface area contributed by atoms with Gasteiger partial charge in [-0.25, -0.2) is 0 Å². The topological polar surface area (TPSA) is 30.5 Å². The van der Waals surface area contributed by atoms with Gasteiger partial charge < -0.3 is 14.8 Å². The van der Waals surface area contributed by atoms with E-state index in [2.05, 4.69) is 10.1 Å². The smallest absolute Gasteiger partial charge is 0.411 e. The van der Waals surface area contributed by atoms with Crippen molar-refractivity contribution in [2.45, 2.75) is 19.1 Å². The van der Waals surface area contributed by atoms with Gasteiger partial charge in [0, 0.05) is 23.6 Å². The van der Waals surface area contributed by atoms with E-state index >= 15 is 0 Å². The van der Waals surface area contributed by atoms with E-state index in [-0.39, 0.29) is 13.2 Å². The van der Waals surface area contributed by atoms with Gasteiger partial charge >= 0.3 is 6.18 Å². The highest BCUT2D eigenvalue weighted by Gasteiger charge is 2.27. The molecule has 0 aliphatic rings. The monoisotopic (exact) mass is 311 g/mol. The van der Waals surface area contributed by atoms with E-state index in [1.807, 2.05) is 0 Å². The van der Waals surface area contributed by atoms with Gasteiger partial charge in [-0.15, -0.1) is 0 Å². The van der Waals surface area contributed by atoms with E-state index in [1.165, 1.54) is 0 Å². The molecule has 0 atom stereocenters. The number of ether oxygens (including phenoxy) is 2. The van der Waals surface area contributed by atoms with Crippen LogP contribution in [0.4, 0.5) is 13.2 Å². The molecule has 0 saturated heterocycles. The fraction of sp³-hybridized carbons (Fsp3) is 0.538. The lowest BCUT2D eigenvalue weighted by atomic mass is 10.2. The summed E-state index contributed by atoms with van der Waals surface area (Å²) in [5, 5.41) is 3.60. The number of benzene rings is 1. The third-order valence-corrected chi connectivity index (χ3v) is 2.58. The first kappa shape index (κ1) is 17.1. The van der Waals surface area contributed by atoms with Gasteiger partial charge in [0.15, 0.2) is 0 Å². The highest BCUT2D eigenvalue weighted by Crippen LogP contribution is 2.23. The summed E-state index contributed by atoms with van der Waals surface area (Å²) in [6, 6.07) is 5.23. The lowest BCUT2D eigenvalue weighted by Gasteiger charge is -2.12. The molecule has 0 heterocycles. The lowest BCUT2D eigenvalue weighted by Crippen LogP contribution is -2.18. The van der Waals surface area contributed by atoms with Gasteiger partial charge in [-0.1, -0.05) is 11.6 Å². The first-order valence-electron chi connectivity index (χ1n) is 6.12. The predicted molar refractivity (Wildman–Crippen MR) is 71.2 cm³/mol. The van der Waals surface area contributed by atoms with Crippen molar-refractivity contribution in [1.82, 2.24) is 5.32 Å². The Bertz CT molecular complexity index is 413. The summed E-state index contributed by atoms with van der Waals surface area (Å²) in [5.41, 5.74) is 0.899. The maximum absolute atomic E-state index is 11.8. The average Bonchev–Trinajstić information content (AvgIpc) is 2.35. The zero-order valence-corrected chi connectivity index (χ0v) is 11.9. The van der Waals surface area contributed by atoms with E-state index in [0.29, 0.717) is 23.7 Å². The Morgan fingerprint density at radius 3 is 2.65 bits per heavy atom. The molecule has 0 bridgehead atoms. The summed E-state index contributed by atoms with van der Waals surface area (Å²) >= 11 is 5.89. The van der Waals surface area contributed by atoms with Crippen LogP contribution in [-0.4, -0.2) is 33.0 Å². The molecule has 0 aliphatic carbocycles. The standard InChI is InChI=1S/C13H17ClF3NO2/c1-18-8-10-7-11(14)3-4-12(10)20-6-2-5-19-9-13(15,16)17/h3-4,7,18H,2,5-6,8-9H2,1H3. The first-order chi connectivity index (χ1) is 9.42. The minimum absolute atomic E-state index is 0.00839. The molecule has 114 valence electrons. The summed E-state index contributed by atoms with van der Waals surface area (Å²) in [4.78, 5) is 0. The fourth-order valence-electron chi connectivity index (χ4n) is 1.55. The Balaban J connectivity index is 2.31. The third-order valence-electron chi connectivity index (χ3n) is 2.35. The number of nitrogens with one attached hydrogen (secondary N) is 1. The van der Waals surface area contributed by atoms with Gasteiger partial charge in [-0.3, -0.25) is 0 Å². The SMILES string of the molecule is CNCc1cc(Cl)ccc1OCCCOCC(F)(F)F. The van der Waals surface area contributed by atoms with Gasteiger partial charge in [-0.2, -0.15) is 13.2 Å². The molecule has 0 spiro atoms. The van der Waals surface area contributed by atoms with Crippen LogP contribution in [-0.2, 0) is 11.3 Å². The van der Waals surface area contributed by atoms with E-state index < -0.39 is 12.8 Å². The molecular weight excluding hydrogens is 295 g/mol. The molecule has 0 amide bonds. The first-order valence-corrected chi connectivity index (χ1v) is 6.50. The minimum Gasteiger partial charge on any atom is -0.493 e. The number of hydrogen-bond donors (Lipinski definition) is 1. The van der Waals surface area contributed by atoms with Crippen molar-refractivity contribution in [2.75, 3.05) is 26.9 Å². The van der Waals surface area contributed by atoms with Crippen LogP contribution < -0.4 is 10.1 Å². The summed E-state index contributed by atoms with van der Waals surface area (Å²) in [6.45, 7) is -0.329. The molecule has 0 saturated carbocycles. The molecule has 1 aromatic rings. The molecular formula is C13H17ClF3NO2. The molecule has 1 aromatic carbocycles. The molecule has 0 aliphatic heterocycles. The maximum atomic E-state index is 11.8. The second-order valence-corrected chi connectivity index (χ2v) is 4.59. The van der Waals surface area contributed by atoms with Crippen molar-refractivity contribution >= 4 is 11.6 Å². The number of alkyl halides is 3. The molecule has 1 rings (SSSR count). The van der Waals surface area contributed by atoms with Gasteiger partial charge in [0.25, 0.3) is 0 Å². The second-order valence-electron chi connectivity index (χ2n) is 4.15. The molecule has 20 heavy (non-hydrogen) atoms. The Hall–Kier alpha value is -0.980. The molecule has 0 unspecified atom stereocenters. The van der Waals surface area contributed by atoms with Crippen LogP contribution in [0.2, 0.25) is 5.02 Å². The third kappa shape index (κ3) is 6.98. The summed E-state index contributed by atoms with van der Waals surface area (Å²) in [5.74, 6) is 0.666. The van der Waals surface area contributed by atoms with Crippen LogP contribution >= 0.6 is 11.6 Å². The quantitative estimate of drug-likeness (QED) is 0.746. The van der Waals surface area contributed by atoms with Crippen molar-refractivity contribution in [3.63, 3.8) is 0 Å². The van der Waals surface area contributed by atoms with Gasteiger partial charge in [0.1, 0.15) is 12.4 Å². The van der Waals surface area contributed by atoms with Crippen LogP contribution in [0.25, 0.3) is 0 Å². The van der Waals surface area contributed by atoms with E-state index in [1.54, 1.807) is 25.2 Å². The van der Waals surface area contributed by atoms with Crippen LogP contribution in [0.1, 0.15) is 12.0 Å². The van der Waals surface area contributed by atoms with Crippen molar-refractivity contribution < 1.29 is 22.6 Å². The van der Waals surface area contributed by atoms with Crippen molar-refractivity contribution in [2.24, 2.45) is 0 Å². The highest BCUT2D eigenvalue weighted by molar-refractivity contribution is 6.30. The number of rotatable bonds is 8. The fourth-order valence-corrected chi connectivity index (χ4v) is 1.74. The summed E-state index contributed by atoms with van der Waals surface area (Å²) in [6.07, 6.45) is -3.89. The average molecular weight is 312 g/mol. The highest BCUT2D eigenvalue weighted by atomic mass is 35.5. The minimum atomic E-state index is -4.28. The van der Waals surface area contributed by atoms with E-state index in [4.69, 9.17) is 16.3 Å². The molecule has 7 heteroatoms. The Kier molecular flexibility index (Phi) is 7.12. The largest absolute Gasteiger partial charge is 0.493 e. The Morgan fingerprint density at radius 1 is 1.25 bits per heavy atom. The molecule has 0 radical (unpaired) electrons. The zero-order valence-electron chi connectivity index (χ0n) is 11.1. The van der Waals surface area contributed by atoms with Crippen LogP contribution in [0, 0.1) is 0 Å². The number of halogens is 4. The van der Waals surface area contributed by atoms with Crippen molar-refractivity contribution in [3.8, 4) is 5.75 Å². The van der Waals surface area contributed by atoms with Gasteiger partial charge in [0.2, 0.25) is 0 Å². The molecule has 0 aromatic heterocycles. The second kappa shape index (κ2) is 8.34. The molecule has 0 fully saturated rings. The van der Waals surface area contributed by atoms with Crippen LogP contribution in [0.5, 0.6) is 5.75 Å². The van der Waals surface area contributed by atoms with Crippen molar-refractivity contribution in [1.29, 1.82) is 0 Å². The molecule has 1 N–H and O–H groups in total. The zero-order chi connectivity index (χ0) is 15.0. The summed E-state index contributed by atoms with van der Waals surface area (Å²) < 4.78 is 45.5. The predicted octanol–water partition coefficient (Wildman–Crippen LogP) is 3.41. The Morgan fingerprint density at radius 2 is 2.00 bits per heavy atom. The maximum Gasteiger partial charge on any atom is 0.411 e. The van der Waals surface area contributed by atoms with E-state index in [9.17, 15) is 13.2 Å². The lowest BCUT2D eigenvalue weighted by molar-refractivity contribution is -0.174. The van der Waals surface area contributed by atoms with Crippen LogP contribution in [0.15, 0.2) is 18.2 Å². The van der Waals surface area contributed by atoms with E-state index in [0.717, 1.165) is 5.56 Å². The van der Waals surface area contributed by atoms with Gasteiger partial charge in [-0.05, 0) is 25.2 Å². The normalized spacial score (nSPS) is 11.7. The molecule has 3 nitrogen and oxygen atoms in total. The Labute approximate surface area is 121 Å². The van der Waals surface area contributed by atoms with Crippen LogP contribution in [0.3, 0.4) is 0 Å².